The highest BCUT2D eigenvalue weighted by atomic mass is 16.6. The minimum absolute atomic E-state index is 0.0112. The molecule has 0 spiro atoms. The van der Waals surface area contributed by atoms with Crippen LogP contribution in [-0.2, 0) is 0 Å². The minimum Gasteiger partial charge on any atom is -0.393 e. The number of nitro groups is 1. The summed E-state index contributed by atoms with van der Waals surface area (Å²) in [5, 5.41) is 24.9. The molecule has 1 aliphatic rings. The fraction of sp³-hybridized carbons (Fsp3) is 0.400. The quantitative estimate of drug-likeness (QED) is 0.666. The van der Waals surface area contributed by atoms with Crippen molar-refractivity contribution in [2.75, 3.05) is 11.9 Å². The van der Waals surface area contributed by atoms with Crippen molar-refractivity contribution in [3.05, 3.63) is 40.6 Å². The summed E-state index contributed by atoms with van der Waals surface area (Å²) in [5.74, 6) is 0.243. The van der Waals surface area contributed by atoms with Crippen molar-refractivity contribution >= 4 is 22.3 Å². The molecule has 0 aliphatic heterocycles. The SMILES string of the molecule is O=[N+]([O-])c1cccc2c(NCC3CCCC3O)ccnc12. The average Bonchev–Trinajstić information content (AvgIpc) is 2.89. The molecule has 0 radical (unpaired) electrons. The maximum absolute atomic E-state index is 11.0. The number of pyridine rings is 1. The zero-order chi connectivity index (χ0) is 14.8. The normalized spacial score (nSPS) is 21.6. The summed E-state index contributed by atoms with van der Waals surface area (Å²) < 4.78 is 0. The lowest BCUT2D eigenvalue weighted by Gasteiger charge is -2.16. The van der Waals surface area contributed by atoms with E-state index in [1.54, 1.807) is 12.3 Å². The van der Waals surface area contributed by atoms with Gasteiger partial charge in [0.05, 0.1) is 11.0 Å². The number of non-ortho nitro benzene ring substituents is 1. The number of hydrogen-bond acceptors (Lipinski definition) is 5. The van der Waals surface area contributed by atoms with E-state index in [-0.39, 0.29) is 17.7 Å². The van der Waals surface area contributed by atoms with Gasteiger partial charge in [-0.3, -0.25) is 10.1 Å². The van der Waals surface area contributed by atoms with Crippen LogP contribution in [-0.4, -0.2) is 27.7 Å². The Hall–Kier alpha value is -2.21. The van der Waals surface area contributed by atoms with E-state index < -0.39 is 4.92 Å². The molecule has 0 saturated heterocycles. The molecule has 6 heteroatoms. The number of aliphatic hydroxyl groups excluding tert-OH is 1. The predicted molar refractivity (Wildman–Crippen MR) is 80.2 cm³/mol. The fourth-order valence-corrected chi connectivity index (χ4v) is 2.96. The highest BCUT2D eigenvalue weighted by Crippen LogP contribution is 2.30. The molecule has 1 saturated carbocycles. The van der Waals surface area contributed by atoms with Crippen LogP contribution in [0.2, 0.25) is 0 Å². The maximum Gasteiger partial charge on any atom is 0.295 e. The van der Waals surface area contributed by atoms with Crippen LogP contribution in [0.25, 0.3) is 10.9 Å². The number of aliphatic hydroxyl groups is 1. The Balaban J connectivity index is 1.88. The number of benzene rings is 1. The van der Waals surface area contributed by atoms with Crippen molar-refractivity contribution in [2.24, 2.45) is 5.92 Å². The van der Waals surface area contributed by atoms with E-state index in [1.165, 1.54) is 6.07 Å². The molecule has 1 aliphatic carbocycles. The van der Waals surface area contributed by atoms with Crippen LogP contribution in [0.4, 0.5) is 11.4 Å². The molecule has 2 atom stereocenters. The third kappa shape index (κ3) is 2.67. The molecule has 21 heavy (non-hydrogen) atoms. The molecular weight excluding hydrogens is 270 g/mol. The standard InChI is InChI=1S/C15H17N3O3/c19-14-6-1-3-10(14)9-17-12-7-8-16-15-11(12)4-2-5-13(15)18(20)21/h2,4-5,7-8,10,14,19H,1,3,6,9H2,(H,16,17). The topological polar surface area (TPSA) is 88.3 Å². The summed E-state index contributed by atoms with van der Waals surface area (Å²) in [4.78, 5) is 14.8. The van der Waals surface area contributed by atoms with Crippen molar-refractivity contribution < 1.29 is 10.0 Å². The van der Waals surface area contributed by atoms with Crippen LogP contribution in [0.5, 0.6) is 0 Å². The van der Waals surface area contributed by atoms with Crippen molar-refractivity contribution in [2.45, 2.75) is 25.4 Å². The van der Waals surface area contributed by atoms with Gasteiger partial charge in [-0.25, -0.2) is 4.98 Å². The van der Waals surface area contributed by atoms with Gasteiger partial charge in [0, 0.05) is 35.8 Å². The number of nitro benzene ring substituents is 1. The summed E-state index contributed by atoms with van der Waals surface area (Å²) in [6.07, 6.45) is 4.24. The third-order valence-electron chi connectivity index (χ3n) is 4.12. The lowest BCUT2D eigenvalue weighted by Crippen LogP contribution is -2.22. The van der Waals surface area contributed by atoms with E-state index in [4.69, 9.17) is 0 Å². The molecule has 2 unspecified atom stereocenters. The number of anilines is 1. The average molecular weight is 287 g/mol. The van der Waals surface area contributed by atoms with E-state index in [0.717, 1.165) is 30.3 Å². The maximum atomic E-state index is 11.0. The zero-order valence-electron chi connectivity index (χ0n) is 11.5. The van der Waals surface area contributed by atoms with Gasteiger partial charge in [-0.2, -0.15) is 0 Å². The Bertz CT molecular complexity index is 674. The lowest BCUT2D eigenvalue weighted by atomic mass is 10.1. The number of hydrogen-bond donors (Lipinski definition) is 2. The molecule has 1 heterocycles. The molecule has 0 bridgehead atoms. The van der Waals surface area contributed by atoms with Gasteiger partial charge in [0.15, 0.2) is 0 Å². The molecule has 6 nitrogen and oxygen atoms in total. The van der Waals surface area contributed by atoms with Crippen LogP contribution in [0, 0.1) is 16.0 Å². The Morgan fingerprint density at radius 1 is 1.38 bits per heavy atom. The zero-order valence-corrected chi connectivity index (χ0v) is 11.5. The van der Waals surface area contributed by atoms with Crippen molar-refractivity contribution in [3.8, 4) is 0 Å². The number of aromatic nitrogens is 1. The van der Waals surface area contributed by atoms with E-state index in [0.29, 0.717) is 12.1 Å². The molecule has 1 aromatic heterocycles. The van der Waals surface area contributed by atoms with Gasteiger partial charge in [-0.05, 0) is 18.9 Å². The van der Waals surface area contributed by atoms with Crippen LogP contribution < -0.4 is 5.32 Å². The summed E-state index contributed by atoms with van der Waals surface area (Å²) in [6, 6.07) is 6.76. The third-order valence-corrected chi connectivity index (χ3v) is 4.12. The van der Waals surface area contributed by atoms with E-state index >= 15 is 0 Å². The van der Waals surface area contributed by atoms with Gasteiger partial charge < -0.3 is 10.4 Å². The van der Waals surface area contributed by atoms with E-state index in [2.05, 4.69) is 10.3 Å². The second-order valence-corrected chi connectivity index (χ2v) is 5.43. The fourth-order valence-electron chi connectivity index (χ4n) is 2.96. The molecule has 2 aromatic rings. The number of nitrogens with zero attached hydrogens (tertiary/aromatic N) is 2. The first-order chi connectivity index (χ1) is 10.2. The Labute approximate surface area is 122 Å². The largest absolute Gasteiger partial charge is 0.393 e. The van der Waals surface area contributed by atoms with Crippen LogP contribution in [0.1, 0.15) is 19.3 Å². The molecular formula is C15H17N3O3. The lowest BCUT2D eigenvalue weighted by molar-refractivity contribution is -0.383. The Kier molecular flexibility index (Phi) is 3.70. The summed E-state index contributed by atoms with van der Waals surface area (Å²) in [7, 11) is 0. The van der Waals surface area contributed by atoms with Gasteiger partial charge in [-0.15, -0.1) is 0 Å². The summed E-state index contributed by atoms with van der Waals surface area (Å²) in [5.41, 5.74) is 1.22. The van der Waals surface area contributed by atoms with Crippen molar-refractivity contribution in [3.63, 3.8) is 0 Å². The Morgan fingerprint density at radius 3 is 2.95 bits per heavy atom. The second-order valence-electron chi connectivity index (χ2n) is 5.43. The Morgan fingerprint density at radius 2 is 2.24 bits per heavy atom. The molecule has 110 valence electrons. The molecule has 1 fully saturated rings. The highest BCUT2D eigenvalue weighted by Gasteiger charge is 2.25. The second kappa shape index (κ2) is 5.65. The first-order valence-electron chi connectivity index (χ1n) is 7.11. The summed E-state index contributed by atoms with van der Waals surface area (Å²) in [6.45, 7) is 0.670. The molecule has 2 N–H and O–H groups in total. The monoisotopic (exact) mass is 287 g/mol. The number of rotatable bonds is 4. The van der Waals surface area contributed by atoms with Gasteiger partial charge in [0.1, 0.15) is 5.52 Å². The number of nitrogens with one attached hydrogen (secondary N) is 1. The number of fused-ring (bicyclic) bond motifs is 1. The van der Waals surface area contributed by atoms with Gasteiger partial charge in [0.2, 0.25) is 0 Å². The molecule has 1 aromatic carbocycles. The van der Waals surface area contributed by atoms with Gasteiger partial charge in [-0.1, -0.05) is 18.6 Å². The smallest absolute Gasteiger partial charge is 0.295 e. The van der Waals surface area contributed by atoms with E-state index in [1.807, 2.05) is 12.1 Å². The van der Waals surface area contributed by atoms with Crippen LogP contribution in [0.15, 0.2) is 30.5 Å². The molecule has 3 rings (SSSR count). The van der Waals surface area contributed by atoms with Gasteiger partial charge in [0.25, 0.3) is 5.69 Å². The van der Waals surface area contributed by atoms with Crippen molar-refractivity contribution in [1.82, 2.24) is 4.98 Å². The van der Waals surface area contributed by atoms with Crippen LogP contribution >= 0.6 is 0 Å². The number of para-hydroxylation sites is 1. The van der Waals surface area contributed by atoms with Crippen molar-refractivity contribution in [1.29, 1.82) is 0 Å². The summed E-state index contributed by atoms with van der Waals surface area (Å²) >= 11 is 0. The van der Waals surface area contributed by atoms with Gasteiger partial charge >= 0.3 is 0 Å². The first-order valence-corrected chi connectivity index (χ1v) is 7.11. The van der Waals surface area contributed by atoms with Crippen LogP contribution in [0.3, 0.4) is 0 Å². The molecule has 0 amide bonds. The van der Waals surface area contributed by atoms with E-state index in [9.17, 15) is 15.2 Å². The minimum atomic E-state index is -0.417. The highest BCUT2D eigenvalue weighted by molar-refractivity contribution is 5.96. The predicted octanol–water partition coefficient (Wildman–Crippen LogP) is 2.72. The first kappa shape index (κ1) is 13.8.